The van der Waals surface area contributed by atoms with E-state index in [-0.39, 0.29) is 10.8 Å². The molecule has 0 aliphatic carbocycles. The first-order valence-corrected chi connectivity index (χ1v) is 11.0. The van der Waals surface area contributed by atoms with Crippen LogP contribution in [0.1, 0.15) is 104 Å². The van der Waals surface area contributed by atoms with Crippen molar-refractivity contribution in [2.24, 2.45) is 11.8 Å². The van der Waals surface area contributed by atoms with Crippen LogP contribution in [-0.4, -0.2) is 19.9 Å². The molecule has 0 bridgehead atoms. The van der Waals surface area contributed by atoms with Crippen LogP contribution in [0.15, 0.2) is 6.20 Å². The van der Waals surface area contributed by atoms with Gasteiger partial charge in [0.2, 0.25) is 0 Å². The summed E-state index contributed by atoms with van der Waals surface area (Å²) in [7, 11) is 0. The first kappa shape index (κ1) is 22.7. The van der Waals surface area contributed by atoms with Gasteiger partial charge in [0.1, 0.15) is 11.6 Å². The lowest BCUT2D eigenvalue weighted by Gasteiger charge is -2.24. The molecule has 0 fully saturated rings. The molecule has 4 heteroatoms. The van der Waals surface area contributed by atoms with E-state index in [9.17, 15) is 0 Å². The van der Waals surface area contributed by atoms with Gasteiger partial charge in [-0.1, -0.05) is 62.3 Å². The van der Waals surface area contributed by atoms with Crippen LogP contribution in [0.2, 0.25) is 0 Å². The molecule has 0 aliphatic heterocycles. The molecule has 158 valence electrons. The SMILES string of the molecule is CC(C)CCc1cnc(C(C)(C)Cc2[nH]c(CCC(C)C)nc2C(C)(C)C)[nH]1. The molecule has 2 aromatic rings. The molecule has 0 spiro atoms. The summed E-state index contributed by atoms with van der Waals surface area (Å²) in [4.78, 5) is 17.0. The number of nitrogens with zero attached hydrogens (tertiary/aromatic N) is 2. The van der Waals surface area contributed by atoms with Crippen molar-refractivity contribution in [3.63, 3.8) is 0 Å². The van der Waals surface area contributed by atoms with E-state index in [1.807, 2.05) is 6.20 Å². The Balaban J connectivity index is 2.22. The number of rotatable bonds is 9. The molecule has 4 nitrogen and oxygen atoms in total. The van der Waals surface area contributed by atoms with Gasteiger partial charge in [-0.25, -0.2) is 9.97 Å². The summed E-state index contributed by atoms with van der Waals surface area (Å²) in [6, 6.07) is 0. The van der Waals surface area contributed by atoms with Crippen molar-refractivity contribution in [2.45, 2.75) is 105 Å². The van der Waals surface area contributed by atoms with Gasteiger partial charge < -0.3 is 9.97 Å². The number of aromatic amines is 2. The molecule has 0 radical (unpaired) electrons. The van der Waals surface area contributed by atoms with Crippen LogP contribution in [0.3, 0.4) is 0 Å². The Morgan fingerprint density at radius 1 is 0.893 bits per heavy atom. The fourth-order valence-corrected chi connectivity index (χ4v) is 3.56. The highest BCUT2D eigenvalue weighted by atomic mass is 15.0. The number of hydrogen-bond donors (Lipinski definition) is 2. The number of aryl methyl sites for hydroxylation is 2. The minimum Gasteiger partial charge on any atom is -0.346 e. The second-order valence-electron chi connectivity index (χ2n) is 10.9. The molecule has 0 aromatic carbocycles. The van der Waals surface area contributed by atoms with Crippen molar-refractivity contribution in [2.75, 3.05) is 0 Å². The normalized spacial score (nSPS) is 13.1. The molecular weight excluding hydrogens is 344 g/mol. The predicted octanol–water partition coefficient (Wildman–Crippen LogP) is 6.13. The quantitative estimate of drug-likeness (QED) is 0.545. The van der Waals surface area contributed by atoms with Crippen molar-refractivity contribution in [3.05, 3.63) is 34.9 Å². The summed E-state index contributed by atoms with van der Waals surface area (Å²) < 4.78 is 0. The Labute approximate surface area is 172 Å². The average molecular weight is 387 g/mol. The maximum atomic E-state index is 5.00. The van der Waals surface area contributed by atoms with E-state index < -0.39 is 0 Å². The third-order valence-corrected chi connectivity index (χ3v) is 5.38. The van der Waals surface area contributed by atoms with Gasteiger partial charge in [-0.3, -0.25) is 0 Å². The van der Waals surface area contributed by atoms with Crippen LogP contribution in [0.25, 0.3) is 0 Å². The number of aromatic nitrogens is 4. The highest BCUT2D eigenvalue weighted by molar-refractivity contribution is 5.26. The van der Waals surface area contributed by atoms with Crippen molar-refractivity contribution in [1.82, 2.24) is 19.9 Å². The topological polar surface area (TPSA) is 57.4 Å². The summed E-state index contributed by atoms with van der Waals surface area (Å²) in [5, 5.41) is 0. The van der Waals surface area contributed by atoms with Crippen molar-refractivity contribution in [1.29, 1.82) is 0 Å². The van der Waals surface area contributed by atoms with Gasteiger partial charge in [0.25, 0.3) is 0 Å². The van der Waals surface area contributed by atoms with Crippen LogP contribution in [0.5, 0.6) is 0 Å². The van der Waals surface area contributed by atoms with Gasteiger partial charge in [0.15, 0.2) is 0 Å². The smallest absolute Gasteiger partial charge is 0.112 e. The largest absolute Gasteiger partial charge is 0.346 e. The lowest BCUT2D eigenvalue weighted by atomic mass is 9.82. The Bertz CT molecular complexity index is 741. The Morgan fingerprint density at radius 3 is 2.07 bits per heavy atom. The molecule has 0 amide bonds. The maximum absolute atomic E-state index is 5.00. The fourth-order valence-electron chi connectivity index (χ4n) is 3.56. The molecule has 0 aliphatic rings. The predicted molar refractivity (Wildman–Crippen MR) is 119 cm³/mol. The summed E-state index contributed by atoms with van der Waals surface area (Å²) in [5.74, 6) is 3.60. The molecule has 2 aromatic heterocycles. The summed E-state index contributed by atoms with van der Waals surface area (Å²) in [6.45, 7) is 20.4. The second kappa shape index (κ2) is 8.84. The second-order valence-corrected chi connectivity index (χ2v) is 10.9. The molecule has 2 N–H and O–H groups in total. The highest BCUT2D eigenvalue weighted by Gasteiger charge is 2.30. The fraction of sp³-hybridized carbons (Fsp3) is 0.750. The van der Waals surface area contributed by atoms with Crippen molar-refractivity contribution < 1.29 is 0 Å². The van der Waals surface area contributed by atoms with Gasteiger partial charge in [-0.2, -0.15) is 0 Å². The van der Waals surface area contributed by atoms with E-state index in [1.165, 1.54) is 23.5 Å². The molecule has 0 saturated carbocycles. The number of imidazole rings is 2. The lowest BCUT2D eigenvalue weighted by molar-refractivity contribution is 0.473. The average Bonchev–Trinajstić information content (AvgIpc) is 3.17. The first-order chi connectivity index (χ1) is 12.9. The molecule has 0 unspecified atom stereocenters. The molecule has 28 heavy (non-hydrogen) atoms. The summed E-state index contributed by atoms with van der Waals surface area (Å²) >= 11 is 0. The lowest BCUT2D eigenvalue weighted by Crippen LogP contribution is -2.25. The number of hydrogen-bond acceptors (Lipinski definition) is 2. The minimum atomic E-state index is -0.0715. The van der Waals surface area contributed by atoms with Crippen LogP contribution in [0.4, 0.5) is 0 Å². The molecule has 0 saturated heterocycles. The maximum Gasteiger partial charge on any atom is 0.112 e. The van der Waals surface area contributed by atoms with E-state index in [1.54, 1.807) is 0 Å². The summed E-state index contributed by atoms with van der Waals surface area (Å²) in [6.07, 6.45) is 7.36. The number of H-pyrrole nitrogens is 2. The first-order valence-electron chi connectivity index (χ1n) is 11.0. The van der Waals surface area contributed by atoms with Gasteiger partial charge >= 0.3 is 0 Å². The molecule has 0 atom stereocenters. The summed E-state index contributed by atoms with van der Waals surface area (Å²) in [5.41, 5.74) is 3.67. The highest BCUT2D eigenvalue weighted by Crippen LogP contribution is 2.31. The zero-order valence-electron chi connectivity index (χ0n) is 19.7. The van der Waals surface area contributed by atoms with Crippen LogP contribution in [-0.2, 0) is 30.1 Å². The monoisotopic (exact) mass is 386 g/mol. The van der Waals surface area contributed by atoms with Gasteiger partial charge in [0, 0.05) is 41.3 Å². The van der Waals surface area contributed by atoms with E-state index in [0.29, 0.717) is 11.8 Å². The molecule has 2 rings (SSSR count). The van der Waals surface area contributed by atoms with Crippen LogP contribution >= 0.6 is 0 Å². The zero-order chi connectivity index (χ0) is 21.1. The Kier molecular flexibility index (Phi) is 7.17. The zero-order valence-corrected chi connectivity index (χ0v) is 19.7. The van der Waals surface area contributed by atoms with Gasteiger partial charge in [-0.05, 0) is 31.1 Å². The van der Waals surface area contributed by atoms with Crippen molar-refractivity contribution in [3.8, 4) is 0 Å². The van der Waals surface area contributed by atoms with Crippen LogP contribution in [0, 0.1) is 11.8 Å². The van der Waals surface area contributed by atoms with Crippen molar-refractivity contribution >= 4 is 0 Å². The Morgan fingerprint density at radius 2 is 1.50 bits per heavy atom. The van der Waals surface area contributed by atoms with Crippen LogP contribution < -0.4 is 0 Å². The van der Waals surface area contributed by atoms with Gasteiger partial charge in [-0.15, -0.1) is 0 Å². The van der Waals surface area contributed by atoms with E-state index in [4.69, 9.17) is 9.97 Å². The third kappa shape index (κ3) is 6.22. The number of nitrogens with one attached hydrogen (secondary N) is 2. The third-order valence-electron chi connectivity index (χ3n) is 5.38. The Hall–Kier alpha value is -1.58. The van der Waals surface area contributed by atoms with E-state index in [2.05, 4.69) is 72.3 Å². The van der Waals surface area contributed by atoms with Gasteiger partial charge in [0.05, 0.1) is 5.69 Å². The minimum absolute atomic E-state index is 0.0313. The molecule has 2 heterocycles. The standard InChI is InChI=1S/C24H42N4/c1-16(2)10-12-18-15-25-22(26-18)24(8,9)14-19-21(23(5,6)7)28-20(27-19)13-11-17(3)4/h15-17H,10-14H2,1-9H3,(H,25,26)(H,27,28). The van der Waals surface area contributed by atoms with E-state index >= 15 is 0 Å². The molecular formula is C24H42N4. The van der Waals surface area contributed by atoms with E-state index in [0.717, 1.165) is 37.3 Å².